The number of primary sulfonamides is 1. The van der Waals surface area contributed by atoms with E-state index in [9.17, 15) is 34.8 Å². The van der Waals surface area contributed by atoms with Gasteiger partial charge in [0, 0.05) is 0 Å². The molecule has 0 unspecified atom stereocenters. The Kier molecular flexibility index (Phi) is 3.38. The Bertz CT molecular complexity index is 560. The van der Waals surface area contributed by atoms with Gasteiger partial charge >= 0.3 is 12.4 Å². The Balaban J connectivity index is 3.60. The third-order valence-corrected chi connectivity index (χ3v) is 2.84. The van der Waals surface area contributed by atoms with Gasteiger partial charge in [-0.3, -0.25) is 0 Å². The van der Waals surface area contributed by atoms with E-state index in [1.54, 1.807) is 0 Å². The Labute approximate surface area is 97.3 Å². The van der Waals surface area contributed by atoms with Crippen molar-refractivity contribution in [2.24, 2.45) is 5.14 Å². The van der Waals surface area contributed by atoms with Gasteiger partial charge in [0.15, 0.2) is 0 Å². The van der Waals surface area contributed by atoms with Gasteiger partial charge in [-0.15, -0.1) is 0 Å². The third kappa shape index (κ3) is 3.13. The predicted octanol–water partition coefficient (Wildman–Crippen LogP) is 2.37. The van der Waals surface area contributed by atoms with Crippen molar-refractivity contribution in [3.8, 4) is 0 Å². The second-order valence-electron chi connectivity index (χ2n) is 3.25. The second kappa shape index (κ2) is 4.12. The smallest absolute Gasteiger partial charge is 0.225 e. The molecule has 0 atom stereocenters. The van der Waals surface area contributed by atoms with Crippen LogP contribution >= 0.6 is 0 Å². The zero-order valence-electron chi connectivity index (χ0n) is 8.30. The van der Waals surface area contributed by atoms with Crippen LogP contribution in [0.2, 0.25) is 0 Å². The molecule has 0 aliphatic carbocycles. The van der Waals surface area contributed by atoms with Crippen molar-refractivity contribution in [1.29, 1.82) is 0 Å². The van der Waals surface area contributed by atoms with Crippen LogP contribution in [0, 0.1) is 0 Å². The summed E-state index contributed by atoms with van der Waals surface area (Å²) in [5.74, 6) is 0. The standard InChI is InChI=1S/C8H5F6NO2S/c9-7(10,11)5-2-1-4(18(15,16)17)3-6(5)8(12,13)14/h1-3H,(H2,15,16,17). The molecule has 0 aliphatic rings. The molecular formula is C8H5F6NO2S. The first-order valence-corrected chi connectivity index (χ1v) is 5.69. The summed E-state index contributed by atoms with van der Waals surface area (Å²) in [6, 6.07) is 0.258. The van der Waals surface area contributed by atoms with Crippen LogP contribution in [0.5, 0.6) is 0 Å². The van der Waals surface area contributed by atoms with Crippen molar-refractivity contribution >= 4 is 10.0 Å². The molecule has 10 heteroatoms. The summed E-state index contributed by atoms with van der Waals surface area (Å²) >= 11 is 0. The monoisotopic (exact) mass is 293 g/mol. The maximum Gasteiger partial charge on any atom is 0.417 e. The highest BCUT2D eigenvalue weighted by atomic mass is 32.2. The molecule has 0 saturated heterocycles. The van der Waals surface area contributed by atoms with Crippen LogP contribution in [0.1, 0.15) is 11.1 Å². The maximum absolute atomic E-state index is 12.4. The average Bonchev–Trinajstić information content (AvgIpc) is 2.12. The fourth-order valence-corrected chi connectivity index (χ4v) is 1.72. The number of hydrogen-bond acceptors (Lipinski definition) is 2. The molecule has 102 valence electrons. The summed E-state index contributed by atoms with van der Waals surface area (Å²) in [5.41, 5.74) is -4.07. The van der Waals surface area contributed by atoms with Gasteiger partial charge in [0.25, 0.3) is 0 Å². The van der Waals surface area contributed by atoms with Gasteiger partial charge in [-0.05, 0) is 18.2 Å². The Morgan fingerprint density at radius 3 is 1.67 bits per heavy atom. The molecule has 0 spiro atoms. The van der Waals surface area contributed by atoms with Gasteiger partial charge in [-0.1, -0.05) is 0 Å². The summed E-state index contributed by atoms with van der Waals surface area (Å²) < 4.78 is 95.8. The SMILES string of the molecule is NS(=O)(=O)c1ccc(C(F)(F)F)c(C(F)(F)F)c1. The van der Waals surface area contributed by atoms with Crippen LogP contribution in [0.25, 0.3) is 0 Å². The molecule has 3 nitrogen and oxygen atoms in total. The first-order valence-electron chi connectivity index (χ1n) is 4.15. The maximum atomic E-state index is 12.4. The van der Waals surface area contributed by atoms with Crippen molar-refractivity contribution in [2.45, 2.75) is 17.2 Å². The van der Waals surface area contributed by atoms with Crippen molar-refractivity contribution in [3.05, 3.63) is 29.3 Å². The molecule has 0 bridgehead atoms. The lowest BCUT2D eigenvalue weighted by Crippen LogP contribution is -2.19. The van der Waals surface area contributed by atoms with Gasteiger partial charge in [0.2, 0.25) is 10.0 Å². The number of rotatable bonds is 1. The molecular weight excluding hydrogens is 288 g/mol. The summed E-state index contributed by atoms with van der Waals surface area (Å²) in [6.07, 6.45) is -10.6. The van der Waals surface area contributed by atoms with Crippen LogP contribution < -0.4 is 5.14 Å². The molecule has 0 amide bonds. The van der Waals surface area contributed by atoms with Crippen molar-refractivity contribution in [2.75, 3.05) is 0 Å². The molecule has 1 aromatic carbocycles. The Morgan fingerprint density at radius 1 is 0.889 bits per heavy atom. The molecule has 2 N–H and O–H groups in total. The number of hydrogen-bond donors (Lipinski definition) is 1. The predicted molar refractivity (Wildman–Crippen MR) is 47.8 cm³/mol. The summed E-state index contributed by atoms with van der Waals surface area (Å²) in [6.45, 7) is 0. The largest absolute Gasteiger partial charge is 0.417 e. The number of sulfonamides is 1. The van der Waals surface area contributed by atoms with E-state index < -0.39 is 38.4 Å². The highest BCUT2D eigenvalue weighted by molar-refractivity contribution is 7.89. The molecule has 0 radical (unpaired) electrons. The molecule has 0 saturated carbocycles. The van der Waals surface area contributed by atoms with Crippen LogP contribution in [-0.4, -0.2) is 8.42 Å². The molecule has 0 aromatic heterocycles. The molecule has 0 heterocycles. The third-order valence-electron chi connectivity index (χ3n) is 1.93. The lowest BCUT2D eigenvalue weighted by atomic mass is 10.1. The highest BCUT2D eigenvalue weighted by Crippen LogP contribution is 2.40. The van der Waals surface area contributed by atoms with Gasteiger partial charge in [0.05, 0.1) is 16.0 Å². The van der Waals surface area contributed by atoms with E-state index in [-0.39, 0.29) is 12.1 Å². The van der Waals surface area contributed by atoms with E-state index in [2.05, 4.69) is 5.14 Å². The van der Waals surface area contributed by atoms with Gasteiger partial charge in [-0.25, -0.2) is 13.6 Å². The van der Waals surface area contributed by atoms with E-state index in [0.29, 0.717) is 6.07 Å². The minimum absolute atomic E-state index is 0.0303. The fraction of sp³-hybridized carbons (Fsp3) is 0.250. The Morgan fingerprint density at radius 2 is 1.33 bits per heavy atom. The number of nitrogens with two attached hydrogens (primary N) is 1. The van der Waals surface area contributed by atoms with Crippen molar-refractivity contribution < 1.29 is 34.8 Å². The van der Waals surface area contributed by atoms with Crippen molar-refractivity contribution in [1.82, 2.24) is 0 Å². The number of halogens is 6. The first-order chi connectivity index (χ1) is 7.83. The highest BCUT2D eigenvalue weighted by Gasteiger charge is 2.43. The molecule has 1 rings (SSSR count). The first kappa shape index (κ1) is 14.8. The van der Waals surface area contributed by atoms with E-state index in [4.69, 9.17) is 0 Å². The van der Waals surface area contributed by atoms with E-state index >= 15 is 0 Å². The zero-order chi connectivity index (χ0) is 14.4. The van der Waals surface area contributed by atoms with E-state index in [1.807, 2.05) is 0 Å². The Hall–Kier alpha value is -1.29. The minimum atomic E-state index is -5.34. The van der Waals surface area contributed by atoms with Crippen LogP contribution in [0.4, 0.5) is 26.3 Å². The fourth-order valence-electron chi connectivity index (χ4n) is 1.18. The normalized spacial score (nSPS) is 13.7. The van der Waals surface area contributed by atoms with E-state index in [0.717, 1.165) is 0 Å². The average molecular weight is 293 g/mol. The molecule has 0 aliphatic heterocycles. The lowest BCUT2D eigenvalue weighted by Gasteiger charge is -2.15. The molecule has 0 fully saturated rings. The van der Waals surface area contributed by atoms with Crippen LogP contribution in [0.15, 0.2) is 23.1 Å². The summed E-state index contributed by atoms with van der Waals surface area (Å²) in [5, 5.41) is 4.55. The topological polar surface area (TPSA) is 60.2 Å². The zero-order valence-corrected chi connectivity index (χ0v) is 9.12. The summed E-state index contributed by atoms with van der Waals surface area (Å²) in [4.78, 5) is -1.04. The van der Waals surface area contributed by atoms with E-state index in [1.165, 1.54) is 0 Å². The minimum Gasteiger partial charge on any atom is -0.225 e. The molecule has 18 heavy (non-hydrogen) atoms. The van der Waals surface area contributed by atoms with Gasteiger partial charge in [-0.2, -0.15) is 26.3 Å². The van der Waals surface area contributed by atoms with Crippen LogP contribution in [-0.2, 0) is 22.4 Å². The molecule has 1 aromatic rings. The lowest BCUT2D eigenvalue weighted by molar-refractivity contribution is -0.162. The van der Waals surface area contributed by atoms with Gasteiger partial charge in [0.1, 0.15) is 0 Å². The summed E-state index contributed by atoms with van der Waals surface area (Å²) in [7, 11) is -4.52. The number of alkyl halides is 6. The van der Waals surface area contributed by atoms with Gasteiger partial charge < -0.3 is 0 Å². The number of benzene rings is 1. The quantitative estimate of drug-likeness (QED) is 0.808. The second-order valence-corrected chi connectivity index (χ2v) is 4.81. The van der Waals surface area contributed by atoms with Crippen LogP contribution in [0.3, 0.4) is 0 Å². The van der Waals surface area contributed by atoms with Crippen molar-refractivity contribution in [3.63, 3.8) is 0 Å².